The summed E-state index contributed by atoms with van der Waals surface area (Å²) in [6.45, 7) is 4.09. The first-order valence-corrected chi connectivity index (χ1v) is 5.15. The summed E-state index contributed by atoms with van der Waals surface area (Å²) < 4.78 is 5.00. The molecule has 2 nitrogen and oxygen atoms in total. The monoisotopic (exact) mass is 182 g/mol. The second-order valence-corrected chi connectivity index (χ2v) is 3.61. The Morgan fingerprint density at radius 2 is 2.15 bits per heavy atom. The summed E-state index contributed by atoms with van der Waals surface area (Å²) in [4.78, 5) is 11.2. The van der Waals surface area contributed by atoms with Crippen LogP contribution in [0.3, 0.4) is 0 Å². The quantitative estimate of drug-likeness (QED) is 0.482. The number of unbranched alkanes of at least 4 members (excludes halogenated alkanes) is 3. The van der Waals surface area contributed by atoms with E-state index in [0.29, 0.717) is 0 Å². The molecule has 1 heterocycles. The molecule has 1 atom stereocenters. The van der Waals surface area contributed by atoms with E-state index in [4.69, 9.17) is 4.74 Å². The van der Waals surface area contributed by atoms with E-state index in [1.165, 1.54) is 19.3 Å². The smallest absolute Gasteiger partial charge is 0.334 e. The van der Waals surface area contributed by atoms with Crippen LogP contribution in [0.5, 0.6) is 0 Å². The Hall–Kier alpha value is -0.790. The van der Waals surface area contributed by atoms with Gasteiger partial charge in [-0.1, -0.05) is 26.2 Å². The first-order chi connectivity index (χ1) is 6.24. The number of carbonyl (C=O) groups excluding carboxylic acids is 1. The molecule has 1 unspecified atom stereocenters. The molecule has 74 valence electrons. The molecule has 0 amide bonds. The zero-order valence-corrected chi connectivity index (χ0v) is 8.51. The molecule has 0 aromatic rings. The third-order valence-electron chi connectivity index (χ3n) is 2.29. The fourth-order valence-corrected chi connectivity index (χ4v) is 1.56. The number of esters is 1. The number of ether oxygens (including phenoxy) is 1. The van der Waals surface area contributed by atoms with Crippen LogP contribution in [0.2, 0.25) is 0 Å². The van der Waals surface area contributed by atoms with Crippen LogP contribution in [0.4, 0.5) is 0 Å². The normalized spacial score (nSPS) is 21.5. The Labute approximate surface area is 80.0 Å². The van der Waals surface area contributed by atoms with Crippen molar-refractivity contribution in [2.24, 2.45) is 0 Å². The van der Waals surface area contributed by atoms with E-state index < -0.39 is 0 Å². The number of rotatable bonds is 5. The Bertz CT molecular complexity index is 206. The molecule has 0 bridgehead atoms. The predicted octanol–water partition coefficient (Wildman–Crippen LogP) is 2.83. The molecule has 0 aliphatic carbocycles. The average molecular weight is 182 g/mol. The molecule has 0 spiro atoms. The Balaban J connectivity index is 2.21. The topological polar surface area (TPSA) is 26.3 Å². The number of cyclic esters (lactones) is 1. The van der Waals surface area contributed by atoms with Gasteiger partial charge in [0.2, 0.25) is 0 Å². The highest BCUT2D eigenvalue weighted by Crippen LogP contribution is 2.19. The molecule has 0 fully saturated rings. The van der Waals surface area contributed by atoms with Crippen molar-refractivity contribution in [2.45, 2.75) is 52.1 Å². The summed E-state index contributed by atoms with van der Waals surface area (Å²) in [5.41, 5.74) is 0.878. The highest BCUT2D eigenvalue weighted by molar-refractivity contribution is 5.90. The van der Waals surface area contributed by atoms with E-state index >= 15 is 0 Å². The molecular formula is C11H18O2. The summed E-state index contributed by atoms with van der Waals surface area (Å²) in [5.74, 6) is -0.107. The Morgan fingerprint density at radius 1 is 1.38 bits per heavy atom. The standard InChI is InChI=1S/C11H18O2/c1-3-4-5-6-7-10-8-9(2)13-11(10)12/h8-9H,3-7H2,1-2H3. The van der Waals surface area contributed by atoms with Crippen LogP contribution >= 0.6 is 0 Å². The third-order valence-corrected chi connectivity index (χ3v) is 2.29. The van der Waals surface area contributed by atoms with Crippen LogP contribution in [0, 0.1) is 0 Å². The van der Waals surface area contributed by atoms with E-state index in [0.717, 1.165) is 18.4 Å². The molecule has 1 rings (SSSR count). The average Bonchev–Trinajstić information content (AvgIpc) is 2.39. The summed E-state index contributed by atoms with van der Waals surface area (Å²) in [6, 6.07) is 0. The van der Waals surface area contributed by atoms with Crippen molar-refractivity contribution in [2.75, 3.05) is 0 Å². The van der Waals surface area contributed by atoms with Crippen molar-refractivity contribution in [1.29, 1.82) is 0 Å². The number of hydrogen-bond acceptors (Lipinski definition) is 2. The SMILES string of the molecule is CCCCCCC1=CC(C)OC1=O. The van der Waals surface area contributed by atoms with Gasteiger partial charge in [-0.2, -0.15) is 0 Å². The predicted molar refractivity (Wildman–Crippen MR) is 52.4 cm³/mol. The lowest BCUT2D eigenvalue weighted by Gasteiger charge is -1.99. The van der Waals surface area contributed by atoms with Crippen molar-refractivity contribution < 1.29 is 9.53 Å². The van der Waals surface area contributed by atoms with Gasteiger partial charge < -0.3 is 4.74 Å². The molecule has 0 aromatic carbocycles. The first kappa shape index (κ1) is 10.3. The summed E-state index contributed by atoms with van der Waals surface area (Å²) >= 11 is 0. The number of hydrogen-bond donors (Lipinski definition) is 0. The first-order valence-electron chi connectivity index (χ1n) is 5.15. The molecule has 1 aliphatic rings. The van der Waals surface area contributed by atoms with Gasteiger partial charge in [-0.3, -0.25) is 0 Å². The summed E-state index contributed by atoms with van der Waals surface area (Å²) in [5, 5.41) is 0. The van der Waals surface area contributed by atoms with Gasteiger partial charge in [0.1, 0.15) is 6.10 Å². The largest absolute Gasteiger partial charge is 0.455 e. The van der Waals surface area contributed by atoms with Gasteiger partial charge in [-0.05, 0) is 25.8 Å². The van der Waals surface area contributed by atoms with Gasteiger partial charge in [-0.15, -0.1) is 0 Å². The van der Waals surface area contributed by atoms with Gasteiger partial charge in [-0.25, -0.2) is 4.79 Å². The van der Waals surface area contributed by atoms with Gasteiger partial charge in [0.15, 0.2) is 0 Å². The van der Waals surface area contributed by atoms with Gasteiger partial charge in [0.05, 0.1) is 0 Å². The van der Waals surface area contributed by atoms with Crippen LogP contribution in [0.15, 0.2) is 11.6 Å². The van der Waals surface area contributed by atoms with E-state index in [-0.39, 0.29) is 12.1 Å². The summed E-state index contributed by atoms with van der Waals surface area (Å²) in [7, 11) is 0. The molecular weight excluding hydrogens is 164 g/mol. The van der Waals surface area contributed by atoms with Crippen molar-refractivity contribution in [3.8, 4) is 0 Å². The van der Waals surface area contributed by atoms with Crippen LogP contribution in [0.25, 0.3) is 0 Å². The lowest BCUT2D eigenvalue weighted by Crippen LogP contribution is -2.03. The minimum absolute atomic E-state index is 0.00586. The van der Waals surface area contributed by atoms with E-state index in [9.17, 15) is 4.79 Å². The number of carbonyl (C=O) groups is 1. The molecule has 0 aromatic heterocycles. The molecule has 1 aliphatic heterocycles. The summed E-state index contributed by atoms with van der Waals surface area (Å²) in [6.07, 6.45) is 7.65. The minimum atomic E-state index is -0.107. The van der Waals surface area contributed by atoms with E-state index in [1.807, 2.05) is 13.0 Å². The molecule has 0 saturated carbocycles. The fraction of sp³-hybridized carbons (Fsp3) is 0.727. The maximum atomic E-state index is 11.2. The lowest BCUT2D eigenvalue weighted by molar-refractivity contribution is -0.139. The molecule has 0 N–H and O–H groups in total. The molecule has 0 saturated heterocycles. The van der Waals surface area contributed by atoms with Crippen LogP contribution in [-0.4, -0.2) is 12.1 Å². The zero-order valence-electron chi connectivity index (χ0n) is 8.51. The molecule has 13 heavy (non-hydrogen) atoms. The second kappa shape index (κ2) is 5.05. The Kier molecular flexibility index (Phi) is 4.00. The minimum Gasteiger partial charge on any atom is -0.455 e. The maximum absolute atomic E-state index is 11.2. The highest BCUT2D eigenvalue weighted by atomic mass is 16.5. The van der Waals surface area contributed by atoms with Crippen molar-refractivity contribution >= 4 is 5.97 Å². The van der Waals surface area contributed by atoms with Gasteiger partial charge in [0, 0.05) is 5.57 Å². The third kappa shape index (κ3) is 3.21. The van der Waals surface area contributed by atoms with Gasteiger partial charge in [0.25, 0.3) is 0 Å². The fourth-order valence-electron chi connectivity index (χ4n) is 1.56. The van der Waals surface area contributed by atoms with Crippen molar-refractivity contribution in [3.05, 3.63) is 11.6 Å². The highest BCUT2D eigenvalue weighted by Gasteiger charge is 2.20. The van der Waals surface area contributed by atoms with Gasteiger partial charge >= 0.3 is 5.97 Å². The van der Waals surface area contributed by atoms with Crippen LogP contribution in [0.1, 0.15) is 46.0 Å². The lowest BCUT2D eigenvalue weighted by atomic mass is 10.1. The second-order valence-electron chi connectivity index (χ2n) is 3.61. The van der Waals surface area contributed by atoms with E-state index in [2.05, 4.69) is 6.92 Å². The van der Waals surface area contributed by atoms with Crippen molar-refractivity contribution in [3.63, 3.8) is 0 Å². The molecule has 0 radical (unpaired) electrons. The maximum Gasteiger partial charge on any atom is 0.334 e. The Morgan fingerprint density at radius 3 is 2.69 bits per heavy atom. The zero-order chi connectivity index (χ0) is 9.68. The molecule has 2 heteroatoms. The van der Waals surface area contributed by atoms with Crippen LogP contribution < -0.4 is 0 Å². The van der Waals surface area contributed by atoms with Crippen molar-refractivity contribution in [1.82, 2.24) is 0 Å². The van der Waals surface area contributed by atoms with E-state index in [1.54, 1.807) is 0 Å². The van der Waals surface area contributed by atoms with Crippen LogP contribution in [-0.2, 0) is 9.53 Å².